The molecule has 0 radical (unpaired) electrons. The third-order valence-electron chi connectivity index (χ3n) is 3.66. The molecule has 1 aliphatic heterocycles. The van der Waals surface area contributed by atoms with Crippen molar-refractivity contribution in [3.05, 3.63) is 71.8 Å². The number of ether oxygens (including phenoxy) is 1. The van der Waals surface area contributed by atoms with Crippen LogP contribution < -0.4 is 0 Å². The molecule has 1 heterocycles. The molecule has 0 aliphatic carbocycles. The topological polar surface area (TPSA) is 49.8 Å². The molecule has 102 valence electrons. The molecule has 3 rings (SSSR count). The highest BCUT2D eigenvalue weighted by Crippen LogP contribution is 2.36. The minimum Gasteiger partial charge on any atom is -0.357 e. The van der Waals surface area contributed by atoms with Crippen molar-refractivity contribution in [1.82, 2.24) is 5.06 Å². The second kappa shape index (κ2) is 5.07. The van der Waals surface area contributed by atoms with E-state index in [0.29, 0.717) is 5.06 Å². The van der Waals surface area contributed by atoms with Crippen molar-refractivity contribution in [2.45, 2.75) is 5.41 Å². The standard InChI is InChI=1S/C16H15NO3/c18-15-16(11-20-12-17(15)19,13-7-3-1-4-8-13)14-9-5-2-6-10-14/h1-10,19H,11-12H2. The minimum atomic E-state index is -0.991. The predicted molar refractivity (Wildman–Crippen MR) is 73.1 cm³/mol. The lowest BCUT2D eigenvalue weighted by atomic mass is 9.73. The SMILES string of the molecule is O=C1N(O)COCC1(c1ccccc1)c1ccccc1. The molecule has 20 heavy (non-hydrogen) atoms. The number of nitrogens with zero attached hydrogens (tertiary/aromatic N) is 1. The first-order chi connectivity index (χ1) is 9.75. The molecule has 0 bridgehead atoms. The van der Waals surface area contributed by atoms with E-state index in [-0.39, 0.29) is 19.2 Å². The Hall–Kier alpha value is -2.17. The summed E-state index contributed by atoms with van der Waals surface area (Å²) in [4.78, 5) is 12.6. The third-order valence-corrected chi connectivity index (χ3v) is 3.66. The van der Waals surface area contributed by atoms with Crippen LogP contribution in [0, 0.1) is 0 Å². The summed E-state index contributed by atoms with van der Waals surface area (Å²) in [5, 5.41) is 10.4. The quantitative estimate of drug-likeness (QED) is 0.850. The summed E-state index contributed by atoms with van der Waals surface area (Å²) in [5.74, 6) is -0.360. The highest BCUT2D eigenvalue weighted by Gasteiger charge is 2.47. The van der Waals surface area contributed by atoms with Gasteiger partial charge in [0.1, 0.15) is 12.1 Å². The lowest BCUT2D eigenvalue weighted by Crippen LogP contribution is -2.54. The van der Waals surface area contributed by atoms with E-state index in [0.717, 1.165) is 11.1 Å². The van der Waals surface area contributed by atoms with Gasteiger partial charge in [-0.3, -0.25) is 10.0 Å². The van der Waals surface area contributed by atoms with E-state index < -0.39 is 5.41 Å². The fourth-order valence-corrected chi connectivity index (χ4v) is 2.65. The first kappa shape index (κ1) is 12.8. The second-order valence-electron chi connectivity index (χ2n) is 4.82. The van der Waals surface area contributed by atoms with Gasteiger partial charge in [0.05, 0.1) is 6.61 Å². The largest absolute Gasteiger partial charge is 0.357 e. The Kier molecular flexibility index (Phi) is 3.26. The van der Waals surface area contributed by atoms with Crippen molar-refractivity contribution < 1.29 is 14.7 Å². The van der Waals surface area contributed by atoms with Gasteiger partial charge >= 0.3 is 0 Å². The van der Waals surface area contributed by atoms with Gasteiger partial charge in [0, 0.05) is 0 Å². The van der Waals surface area contributed by atoms with E-state index in [9.17, 15) is 10.0 Å². The van der Waals surface area contributed by atoms with Gasteiger partial charge in [0.2, 0.25) is 0 Å². The van der Waals surface area contributed by atoms with Gasteiger partial charge in [-0.15, -0.1) is 0 Å². The summed E-state index contributed by atoms with van der Waals surface area (Å²) in [5.41, 5.74) is 0.639. The zero-order valence-corrected chi connectivity index (χ0v) is 10.9. The Morgan fingerprint density at radius 2 is 1.45 bits per heavy atom. The average Bonchev–Trinajstić information content (AvgIpc) is 2.52. The Morgan fingerprint density at radius 3 is 1.95 bits per heavy atom. The van der Waals surface area contributed by atoms with Gasteiger partial charge in [-0.1, -0.05) is 60.7 Å². The van der Waals surface area contributed by atoms with Gasteiger partial charge in [0.15, 0.2) is 0 Å². The monoisotopic (exact) mass is 269 g/mol. The van der Waals surface area contributed by atoms with E-state index >= 15 is 0 Å². The molecule has 4 heteroatoms. The number of carbonyl (C=O) groups is 1. The summed E-state index contributed by atoms with van der Waals surface area (Å²) in [6.45, 7) is 0.122. The number of benzene rings is 2. The van der Waals surface area contributed by atoms with Crippen molar-refractivity contribution in [2.24, 2.45) is 0 Å². The molecule has 0 aromatic heterocycles. The summed E-state index contributed by atoms with van der Waals surface area (Å²) < 4.78 is 5.43. The van der Waals surface area contributed by atoms with Crippen LogP contribution in [-0.4, -0.2) is 29.5 Å². The highest BCUT2D eigenvalue weighted by molar-refractivity contribution is 5.92. The summed E-state index contributed by atoms with van der Waals surface area (Å²) in [7, 11) is 0. The fraction of sp³-hybridized carbons (Fsp3) is 0.188. The van der Waals surface area contributed by atoms with Crippen molar-refractivity contribution in [2.75, 3.05) is 13.3 Å². The van der Waals surface area contributed by atoms with Crippen LogP contribution in [0.1, 0.15) is 11.1 Å². The van der Waals surface area contributed by atoms with Crippen molar-refractivity contribution in [1.29, 1.82) is 0 Å². The molecule has 1 aliphatic rings. The molecule has 1 N–H and O–H groups in total. The first-order valence-corrected chi connectivity index (χ1v) is 6.45. The zero-order chi connectivity index (χ0) is 14.0. The fourth-order valence-electron chi connectivity index (χ4n) is 2.65. The van der Waals surface area contributed by atoms with Crippen LogP contribution in [0.15, 0.2) is 60.7 Å². The Morgan fingerprint density at radius 1 is 0.950 bits per heavy atom. The van der Waals surface area contributed by atoms with Crippen molar-refractivity contribution >= 4 is 5.91 Å². The number of carbonyl (C=O) groups excluding carboxylic acids is 1. The molecule has 2 aromatic carbocycles. The lowest BCUT2D eigenvalue weighted by Gasteiger charge is -2.39. The van der Waals surface area contributed by atoms with Gasteiger partial charge in [-0.25, -0.2) is 0 Å². The van der Waals surface area contributed by atoms with Gasteiger partial charge in [-0.05, 0) is 11.1 Å². The molecule has 0 unspecified atom stereocenters. The second-order valence-corrected chi connectivity index (χ2v) is 4.82. The highest BCUT2D eigenvalue weighted by atomic mass is 16.6. The number of hydroxylamine groups is 2. The Labute approximate surface area is 117 Å². The maximum Gasteiger partial charge on any atom is 0.265 e. The summed E-state index contributed by atoms with van der Waals surface area (Å²) in [6, 6.07) is 18.8. The van der Waals surface area contributed by atoms with Crippen LogP contribution in [-0.2, 0) is 14.9 Å². The molecule has 0 saturated carbocycles. The first-order valence-electron chi connectivity index (χ1n) is 6.45. The number of hydrogen-bond donors (Lipinski definition) is 1. The molecular formula is C16H15NO3. The van der Waals surface area contributed by atoms with Gasteiger partial charge < -0.3 is 4.74 Å². The van der Waals surface area contributed by atoms with Gasteiger partial charge in [-0.2, -0.15) is 5.06 Å². The van der Waals surface area contributed by atoms with E-state index in [4.69, 9.17) is 4.74 Å². The molecular weight excluding hydrogens is 254 g/mol. The van der Waals surface area contributed by atoms with Crippen molar-refractivity contribution in [3.8, 4) is 0 Å². The molecule has 1 amide bonds. The van der Waals surface area contributed by atoms with Gasteiger partial charge in [0.25, 0.3) is 5.91 Å². The molecule has 0 atom stereocenters. The van der Waals surface area contributed by atoms with E-state index in [2.05, 4.69) is 0 Å². The predicted octanol–water partition coefficient (Wildman–Crippen LogP) is 2.18. The number of rotatable bonds is 2. The Bertz CT molecular complexity index is 558. The summed E-state index contributed by atoms with van der Waals surface area (Å²) >= 11 is 0. The lowest BCUT2D eigenvalue weighted by molar-refractivity contribution is -0.211. The molecule has 2 aromatic rings. The minimum absolute atomic E-state index is 0.0970. The number of hydrogen-bond acceptors (Lipinski definition) is 3. The van der Waals surface area contributed by atoms with Crippen LogP contribution >= 0.6 is 0 Å². The molecule has 0 spiro atoms. The van der Waals surface area contributed by atoms with Crippen LogP contribution in [0.4, 0.5) is 0 Å². The van der Waals surface area contributed by atoms with Crippen LogP contribution in [0.5, 0.6) is 0 Å². The normalized spacial score (nSPS) is 18.1. The van der Waals surface area contributed by atoms with Crippen LogP contribution in [0.25, 0.3) is 0 Å². The molecule has 4 nitrogen and oxygen atoms in total. The summed E-state index contributed by atoms with van der Waals surface area (Å²) in [6.07, 6.45) is 0. The smallest absolute Gasteiger partial charge is 0.265 e. The van der Waals surface area contributed by atoms with Crippen molar-refractivity contribution in [3.63, 3.8) is 0 Å². The average molecular weight is 269 g/mol. The maximum atomic E-state index is 12.6. The zero-order valence-electron chi connectivity index (χ0n) is 10.9. The van der Waals surface area contributed by atoms with E-state index in [1.165, 1.54) is 0 Å². The van der Waals surface area contributed by atoms with E-state index in [1.54, 1.807) is 0 Å². The Balaban J connectivity index is 2.20. The molecule has 1 saturated heterocycles. The van der Waals surface area contributed by atoms with Crippen LogP contribution in [0.3, 0.4) is 0 Å². The maximum absolute atomic E-state index is 12.6. The van der Waals surface area contributed by atoms with Crippen LogP contribution in [0.2, 0.25) is 0 Å². The molecule has 1 fully saturated rings. The number of amides is 1. The van der Waals surface area contributed by atoms with E-state index in [1.807, 2.05) is 60.7 Å². The third kappa shape index (κ3) is 1.90.